The highest BCUT2D eigenvalue weighted by Crippen LogP contribution is 2.43. The molecule has 0 radical (unpaired) electrons. The number of alkyl halides is 3. The van der Waals surface area contributed by atoms with Crippen molar-refractivity contribution in [3.63, 3.8) is 0 Å². The van der Waals surface area contributed by atoms with Crippen LogP contribution in [0.1, 0.15) is 139 Å². The van der Waals surface area contributed by atoms with Gasteiger partial charge in [0, 0.05) is 147 Å². The van der Waals surface area contributed by atoms with Gasteiger partial charge < -0.3 is 41.3 Å². The topological polar surface area (TPSA) is 339 Å². The lowest BCUT2D eigenvalue weighted by Gasteiger charge is -2.26. The molecule has 21 rings (SSSR count). The van der Waals surface area contributed by atoms with Crippen LogP contribution in [0, 0.1) is 18.8 Å². The van der Waals surface area contributed by atoms with Gasteiger partial charge in [0.25, 0.3) is 23.6 Å². The molecule has 0 amide bonds. The molecule has 0 atom stereocenters. The normalized spacial score (nSPS) is 14.4. The van der Waals surface area contributed by atoms with Crippen LogP contribution in [0.2, 0.25) is 0 Å². The third kappa shape index (κ3) is 25.9. The maximum atomic E-state index is 13.4. The molecule has 137 heavy (non-hydrogen) atoms. The van der Waals surface area contributed by atoms with E-state index in [0.29, 0.717) is 106 Å². The van der Waals surface area contributed by atoms with Crippen molar-refractivity contribution in [3.05, 3.63) is 327 Å². The molecule has 2 aliphatic rings. The summed E-state index contributed by atoms with van der Waals surface area (Å²) in [5.41, 5.74) is 9.67. The highest BCUT2D eigenvalue weighted by Gasteiger charge is 2.33. The van der Waals surface area contributed by atoms with Gasteiger partial charge in [-0.25, -0.2) is 0 Å². The molecule has 13 aromatic heterocycles. The molecule has 0 unspecified atom stereocenters. The number of unbranched alkanes of at least 4 members (excludes halogenated alkanes) is 1. The molecule has 31 heteroatoms. The monoisotopic (exact) mass is 1850 g/mol. The summed E-state index contributed by atoms with van der Waals surface area (Å²) in [5.74, 6) is 11.9. The van der Waals surface area contributed by atoms with Crippen LogP contribution in [-0.2, 0) is 6.18 Å². The quantitative estimate of drug-likeness (QED) is 0.0542. The summed E-state index contributed by atoms with van der Waals surface area (Å²) in [7, 11) is 0. The number of benzene rings is 6. The fraction of sp³-hybridized carbons (Fsp3) is 0.226. The molecular weight excluding hydrogens is 1760 g/mol. The summed E-state index contributed by atoms with van der Waals surface area (Å²) < 4.78 is 89.4. The van der Waals surface area contributed by atoms with Crippen LogP contribution < -0.4 is 14.2 Å². The SMILES string of the molecule is CCC1CCC(c2nc(-c3ccncc3)no2)CC1.CCCCC1CCC(c2nc(-c3ccncc3)no2)CC1.CCOc1cc(OCC)cc(-c2nc(-c3ccncc3)no2)c1.Cc1sc(-c2nc(-c3ccncc3)no2)cc1-c1ccccc1.FC(F)(F)c1cc(-c2ccccc2)cc(-c2nc(-c3ccncc3)no2)c1.c1ccc(Oc2cccc(-c3nc(-c4ccncc4)no3)c2)cc1. The summed E-state index contributed by atoms with van der Waals surface area (Å²) >= 11 is 1.66. The molecule has 2 saturated carbocycles. The Morgan fingerprint density at radius 2 is 0.679 bits per heavy atom. The molecule has 13 heterocycles. The van der Waals surface area contributed by atoms with E-state index < -0.39 is 11.7 Å². The van der Waals surface area contributed by atoms with Crippen LogP contribution >= 0.6 is 11.3 Å². The smallest absolute Gasteiger partial charge is 0.416 e. The van der Waals surface area contributed by atoms with Crippen molar-refractivity contribution < 1.29 is 54.5 Å². The number of ether oxygens (including phenoxy) is 3. The third-order valence-corrected chi connectivity index (χ3v) is 23.8. The van der Waals surface area contributed by atoms with Crippen LogP contribution in [0.5, 0.6) is 23.0 Å². The van der Waals surface area contributed by atoms with Crippen LogP contribution in [0.25, 0.3) is 136 Å². The summed E-state index contributed by atoms with van der Waals surface area (Å²) in [5, 5.41) is 24.2. The van der Waals surface area contributed by atoms with E-state index in [1.807, 2.05) is 166 Å². The number of thiophene rings is 1. The van der Waals surface area contributed by atoms with E-state index >= 15 is 0 Å². The number of rotatable bonds is 24. The van der Waals surface area contributed by atoms with Gasteiger partial charge in [-0.2, -0.15) is 43.1 Å². The lowest BCUT2D eigenvalue weighted by atomic mass is 9.80. The third-order valence-electron chi connectivity index (χ3n) is 22.8. The standard InChI is InChI=1S/C20H12F3N3O.C19H13N3O2.C18H13N3OS.C17H17N3O3.C17H23N3O.C15H19N3O/c21-20(22,23)17-11-15(13-4-2-1-3-5-13)10-16(12-17)19-25-18(26-27-19)14-6-8-24-9-7-14;1-2-6-16(7-3-1)23-17-8-4-5-15(13-17)19-21-18(22-24-19)14-9-11-20-12-10-14;1-12-15(13-5-3-2-4-6-13)11-16(23-12)18-20-17(21-22-18)14-7-9-19-10-8-14;1-3-21-14-9-13(10-15(11-14)22-4-2)17-19-16(20-23-17)12-5-7-18-8-6-12;1-2-3-4-13-5-7-15(8-6-13)17-19-16(20-21-17)14-9-11-18-12-10-14;1-2-11-3-5-13(6-4-11)15-17-14(18-19-15)12-7-9-16-10-8-12/h1-12H;1-13H;2-11H,1H3;5-11H,3-4H2,1-2H3;9-13,15H,2-8H2,1H3;7-11,13H,2-6H2,1H3. The van der Waals surface area contributed by atoms with Crippen LogP contribution in [0.4, 0.5) is 13.2 Å². The minimum absolute atomic E-state index is 0.0186. The molecule has 2 fully saturated rings. The van der Waals surface area contributed by atoms with Gasteiger partial charge in [-0.15, -0.1) is 11.3 Å². The number of aryl methyl sites for hydroxylation is 1. The second kappa shape index (κ2) is 47.0. The fourth-order valence-corrected chi connectivity index (χ4v) is 16.5. The van der Waals surface area contributed by atoms with E-state index in [1.54, 1.807) is 134 Å². The van der Waals surface area contributed by atoms with Gasteiger partial charge in [0.15, 0.2) is 0 Å². The highest BCUT2D eigenvalue weighted by atomic mass is 32.1. The van der Waals surface area contributed by atoms with E-state index in [9.17, 15) is 13.2 Å². The van der Waals surface area contributed by atoms with Crippen LogP contribution in [0.15, 0.2) is 332 Å². The number of hydrogen-bond donors (Lipinski definition) is 0. The highest BCUT2D eigenvalue weighted by molar-refractivity contribution is 7.15. The van der Waals surface area contributed by atoms with Gasteiger partial charge in [0.1, 0.15) is 23.0 Å². The van der Waals surface area contributed by atoms with Gasteiger partial charge in [-0.1, -0.05) is 155 Å². The number of para-hydroxylation sites is 1. The van der Waals surface area contributed by atoms with Crippen molar-refractivity contribution in [1.82, 2.24) is 90.7 Å². The lowest BCUT2D eigenvalue weighted by Crippen LogP contribution is -2.13. The van der Waals surface area contributed by atoms with Crippen molar-refractivity contribution in [3.8, 4) is 159 Å². The summed E-state index contributed by atoms with van der Waals surface area (Å²) in [6.45, 7) is 11.7. The second-order valence-corrected chi connectivity index (χ2v) is 33.4. The van der Waals surface area contributed by atoms with Gasteiger partial charge >= 0.3 is 6.18 Å². The van der Waals surface area contributed by atoms with Crippen LogP contribution in [-0.4, -0.2) is 104 Å². The number of halogens is 3. The first-order valence-electron chi connectivity index (χ1n) is 45.4. The molecular formula is C106H97F3N18O9S. The number of hydrogen-bond acceptors (Lipinski definition) is 28. The van der Waals surface area contributed by atoms with E-state index in [4.69, 9.17) is 41.3 Å². The van der Waals surface area contributed by atoms with E-state index in [0.717, 1.165) is 85.3 Å². The van der Waals surface area contributed by atoms with Crippen molar-refractivity contribution in [2.45, 2.75) is 130 Å². The van der Waals surface area contributed by atoms with E-state index in [2.05, 4.69) is 130 Å². The molecule has 0 aliphatic heterocycles. The molecule has 0 bridgehead atoms. The van der Waals surface area contributed by atoms with Crippen molar-refractivity contribution in [2.24, 2.45) is 11.8 Å². The second-order valence-electron chi connectivity index (χ2n) is 32.1. The minimum atomic E-state index is -4.49. The van der Waals surface area contributed by atoms with Gasteiger partial charge in [0.2, 0.25) is 46.7 Å². The maximum Gasteiger partial charge on any atom is 0.416 e. The molecule has 0 spiro atoms. The Hall–Kier alpha value is -16.1. The lowest BCUT2D eigenvalue weighted by molar-refractivity contribution is -0.137. The predicted octanol–water partition coefficient (Wildman–Crippen LogP) is 26.9. The van der Waals surface area contributed by atoms with Gasteiger partial charge in [-0.3, -0.25) is 29.9 Å². The van der Waals surface area contributed by atoms with Crippen molar-refractivity contribution in [1.29, 1.82) is 0 Å². The number of aromatic nitrogens is 18. The molecule has 0 N–H and O–H groups in total. The van der Waals surface area contributed by atoms with Gasteiger partial charge in [0.05, 0.1) is 23.7 Å². The predicted molar refractivity (Wildman–Crippen MR) is 513 cm³/mol. The van der Waals surface area contributed by atoms with Crippen LogP contribution in [0.3, 0.4) is 0 Å². The molecule has 27 nitrogen and oxygen atoms in total. The van der Waals surface area contributed by atoms with Gasteiger partial charge in [-0.05, 0) is 246 Å². The summed E-state index contributed by atoms with van der Waals surface area (Å²) in [6, 6.07) is 69.8. The Balaban J connectivity index is 0.000000119. The Morgan fingerprint density at radius 1 is 0.321 bits per heavy atom. The first-order chi connectivity index (χ1) is 67.2. The molecule has 6 aromatic carbocycles. The van der Waals surface area contributed by atoms with E-state index in [1.165, 1.54) is 93.1 Å². The number of nitrogens with zero attached hydrogens (tertiary/aromatic N) is 18. The Kier molecular flexibility index (Phi) is 32.3. The minimum Gasteiger partial charge on any atom is -0.494 e. The first kappa shape index (κ1) is 94.2. The fourth-order valence-electron chi connectivity index (χ4n) is 15.6. The summed E-state index contributed by atoms with van der Waals surface area (Å²) in [6.07, 6.45) is 31.1. The Labute approximate surface area is 792 Å². The molecule has 0 saturated heterocycles. The van der Waals surface area contributed by atoms with Crippen molar-refractivity contribution in [2.75, 3.05) is 13.2 Å². The van der Waals surface area contributed by atoms with Crippen molar-refractivity contribution >= 4 is 11.3 Å². The zero-order chi connectivity index (χ0) is 94.3. The Morgan fingerprint density at radius 3 is 1.10 bits per heavy atom. The first-order valence-corrected chi connectivity index (χ1v) is 46.2. The largest absolute Gasteiger partial charge is 0.494 e. The maximum absolute atomic E-state index is 13.4. The molecule has 19 aromatic rings. The average molecular weight is 1860 g/mol. The zero-order valence-electron chi connectivity index (χ0n) is 75.8. The molecule has 2 aliphatic carbocycles. The summed E-state index contributed by atoms with van der Waals surface area (Å²) in [4.78, 5) is 52.8. The zero-order valence-corrected chi connectivity index (χ0v) is 76.7. The molecule has 692 valence electrons. The average Bonchev–Trinajstić information content (AvgIpc) is 1.79. The number of pyridine rings is 6. The van der Waals surface area contributed by atoms with E-state index in [-0.39, 0.29) is 17.3 Å². The Bertz CT molecular complexity index is 6850.